The number of nitrogens with two attached hydrogens (primary N) is 1. The van der Waals surface area contributed by atoms with Gasteiger partial charge in [-0.2, -0.15) is 0 Å². The second kappa shape index (κ2) is 5.52. The van der Waals surface area contributed by atoms with Crippen LogP contribution in [0.15, 0.2) is 10.6 Å². The zero-order chi connectivity index (χ0) is 13.0. The number of amides is 1. The van der Waals surface area contributed by atoms with Crippen molar-refractivity contribution in [2.75, 3.05) is 0 Å². The van der Waals surface area contributed by atoms with Gasteiger partial charge in [0.15, 0.2) is 0 Å². The van der Waals surface area contributed by atoms with Crippen molar-refractivity contribution in [3.63, 3.8) is 0 Å². The van der Waals surface area contributed by atoms with Gasteiger partial charge in [0.2, 0.25) is 5.91 Å². The number of carbonyl (C=O) groups excluding carboxylic acids is 1. The van der Waals surface area contributed by atoms with E-state index in [4.69, 9.17) is 10.3 Å². The minimum Gasteiger partial charge on any atom is -0.361 e. The Balaban J connectivity index is 1.78. The average molecular weight is 251 g/mol. The van der Waals surface area contributed by atoms with E-state index < -0.39 is 0 Å². The van der Waals surface area contributed by atoms with E-state index in [-0.39, 0.29) is 11.4 Å². The summed E-state index contributed by atoms with van der Waals surface area (Å²) in [6.45, 7) is 2.24. The highest BCUT2D eigenvalue weighted by molar-refractivity contribution is 5.77. The molecule has 0 unspecified atom stereocenters. The molecule has 0 radical (unpaired) electrons. The van der Waals surface area contributed by atoms with Crippen LogP contribution in [0.5, 0.6) is 0 Å². The average Bonchev–Trinajstić information content (AvgIpc) is 2.73. The fraction of sp³-hybridized carbons (Fsp3) is 0.692. The molecule has 3 N–H and O–H groups in total. The number of hydrogen-bond acceptors (Lipinski definition) is 4. The third-order valence-electron chi connectivity index (χ3n) is 3.51. The molecule has 1 amide bonds. The van der Waals surface area contributed by atoms with E-state index in [9.17, 15) is 4.79 Å². The molecule has 1 aliphatic carbocycles. The van der Waals surface area contributed by atoms with Crippen LogP contribution < -0.4 is 11.1 Å². The Hall–Kier alpha value is -1.36. The first-order valence-corrected chi connectivity index (χ1v) is 6.55. The van der Waals surface area contributed by atoms with E-state index in [1.807, 2.05) is 13.0 Å². The number of aryl methyl sites for hydroxylation is 1. The van der Waals surface area contributed by atoms with Crippen LogP contribution in [0, 0.1) is 6.92 Å². The van der Waals surface area contributed by atoms with Crippen LogP contribution in [-0.4, -0.2) is 16.6 Å². The van der Waals surface area contributed by atoms with Crippen LogP contribution in [0.2, 0.25) is 0 Å². The Morgan fingerprint density at radius 3 is 2.83 bits per heavy atom. The van der Waals surface area contributed by atoms with Crippen molar-refractivity contribution in [2.45, 2.75) is 57.5 Å². The quantitative estimate of drug-likeness (QED) is 0.852. The maximum absolute atomic E-state index is 11.8. The Bertz CT molecular complexity index is 408. The van der Waals surface area contributed by atoms with E-state index in [1.54, 1.807) is 0 Å². The second-order valence-electron chi connectivity index (χ2n) is 5.31. The van der Waals surface area contributed by atoms with Gasteiger partial charge in [0.1, 0.15) is 11.5 Å². The van der Waals surface area contributed by atoms with Crippen LogP contribution in [0.1, 0.15) is 50.0 Å². The van der Waals surface area contributed by atoms with Crippen molar-refractivity contribution < 1.29 is 9.32 Å². The van der Waals surface area contributed by atoms with Crippen molar-refractivity contribution in [3.05, 3.63) is 17.5 Å². The molecule has 18 heavy (non-hydrogen) atoms. The highest BCUT2D eigenvalue weighted by Gasteiger charge is 2.29. The maximum Gasteiger partial charge on any atom is 0.222 e. The Morgan fingerprint density at radius 2 is 2.22 bits per heavy atom. The topological polar surface area (TPSA) is 81.2 Å². The summed E-state index contributed by atoms with van der Waals surface area (Å²) in [6, 6.07) is 1.82. The Labute approximate surface area is 107 Å². The van der Waals surface area contributed by atoms with E-state index in [2.05, 4.69) is 10.5 Å². The van der Waals surface area contributed by atoms with Gasteiger partial charge in [0.05, 0.1) is 6.54 Å². The van der Waals surface area contributed by atoms with Crippen molar-refractivity contribution in [1.29, 1.82) is 0 Å². The summed E-state index contributed by atoms with van der Waals surface area (Å²) >= 11 is 0. The van der Waals surface area contributed by atoms with Gasteiger partial charge in [-0.25, -0.2) is 0 Å². The van der Waals surface area contributed by atoms with Crippen molar-refractivity contribution in [2.24, 2.45) is 5.73 Å². The Kier molecular flexibility index (Phi) is 4.01. The van der Waals surface area contributed by atoms with Gasteiger partial charge in [0.25, 0.3) is 0 Å². The summed E-state index contributed by atoms with van der Waals surface area (Å²) in [7, 11) is 0. The lowest BCUT2D eigenvalue weighted by Crippen LogP contribution is -2.45. The molecular formula is C13H21N3O2. The second-order valence-corrected chi connectivity index (χ2v) is 5.31. The monoisotopic (exact) mass is 251 g/mol. The SMILES string of the molecule is Cc1cc(CNC(=O)CC2(N)CCCCC2)no1. The lowest BCUT2D eigenvalue weighted by atomic mass is 9.80. The molecule has 0 saturated heterocycles. The number of nitrogens with zero attached hydrogens (tertiary/aromatic N) is 1. The smallest absolute Gasteiger partial charge is 0.222 e. The van der Waals surface area contributed by atoms with Gasteiger partial charge in [0, 0.05) is 18.0 Å². The van der Waals surface area contributed by atoms with Crippen LogP contribution in [0.25, 0.3) is 0 Å². The number of aromatic nitrogens is 1. The fourth-order valence-corrected chi connectivity index (χ4v) is 2.51. The molecule has 0 bridgehead atoms. The molecule has 0 aliphatic heterocycles. The van der Waals surface area contributed by atoms with Crippen molar-refractivity contribution >= 4 is 5.91 Å². The number of hydrogen-bond donors (Lipinski definition) is 2. The first-order valence-electron chi connectivity index (χ1n) is 6.55. The molecule has 0 spiro atoms. The largest absolute Gasteiger partial charge is 0.361 e. The van der Waals surface area contributed by atoms with E-state index >= 15 is 0 Å². The zero-order valence-electron chi connectivity index (χ0n) is 10.9. The highest BCUT2D eigenvalue weighted by Crippen LogP contribution is 2.28. The van der Waals surface area contributed by atoms with E-state index in [0.29, 0.717) is 13.0 Å². The minimum atomic E-state index is -0.303. The lowest BCUT2D eigenvalue weighted by molar-refractivity contribution is -0.122. The maximum atomic E-state index is 11.8. The van der Waals surface area contributed by atoms with Gasteiger partial charge in [-0.15, -0.1) is 0 Å². The van der Waals surface area contributed by atoms with Crippen LogP contribution in [0.3, 0.4) is 0 Å². The van der Waals surface area contributed by atoms with Gasteiger partial charge in [-0.1, -0.05) is 24.4 Å². The van der Waals surface area contributed by atoms with Crippen LogP contribution in [0.4, 0.5) is 0 Å². The van der Waals surface area contributed by atoms with Gasteiger partial charge in [-0.05, 0) is 19.8 Å². The molecule has 0 atom stereocenters. The number of carbonyl (C=O) groups is 1. The summed E-state index contributed by atoms with van der Waals surface area (Å²) in [5.41, 5.74) is 6.68. The van der Waals surface area contributed by atoms with Gasteiger partial charge < -0.3 is 15.6 Å². The third kappa shape index (κ3) is 3.57. The lowest BCUT2D eigenvalue weighted by Gasteiger charge is -2.32. The zero-order valence-corrected chi connectivity index (χ0v) is 10.9. The molecule has 1 fully saturated rings. The Morgan fingerprint density at radius 1 is 1.50 bits per heavy atom. The highest BCUT2D eigenvalue weighted by atomic mass is 16.5. The first-order chi connectivity index (χ1) is 8.57. The van der Waals surface area contributed by atoms with Crippen LogP contribution in [-0.2, 0) is 11.3 Å². The minimum absolute atomic E-state index is 0.0000491. The molecule has 1 aromatic heterocycles. The van der Waals surface area contributed by atoms with E-state index in [0.717, 1.165) is 37.1 Å². The standard InChI is InChI=1S/C13H21N3O2/c1-10-7-11(16-18-10)9-15-12(17)8-13(14)5-3-2-4-6-13/h7H,2-6,8-9,14H2,1H3,(H,15,17). The summed E-state index contributed by atoms with van der Waals surface area (Å²) in [5.74, 6) is 0.752. The summed E-state index contributed by atoms with van der Waals surface area (Å²) in [4.78, 5) is 11.8. The number of rotatable bonds is 4. The molecular weight excluding hydrogens is 230 g/mol. The summed E-state index contributed by atoms with van der Waals surface area (Å²) < 4.78 is 4.94. The van der Waals surface area contributed by atoms with Crippen molar-refractivity contribution in [1.82, 2.24) is 10.5 Å². The predicted molar refractivity (Wildman–Crippen MR) is 67.7 cm³/mol. The molecule has 2 rings (SSSR count). The summed E-state index contributed by atoms with van der Waals surface area (Å²) in [6.07, 6.45) is 5.80. The van der Waals surface area contributed by atoms with Crippen LogP contribution >= 0.6 is 0 Å². The molecule has 1 saturated carbocycles. The first kappa shape index (κ1) is 13.1. The molecule has 1 heterocycles. The fourth-order valence-electron chi connectivity index (χ4n) is 2.51. The van der Waals surface area contributed by atoms with Gasteiger partial charge >= 0.3 is 0 Å². The summed E-state index contributed by atoms with van der Waals surface area (Å²) in [5, 5.41) is 6.67. The molecule has 100 valence electrons. The predicted octanol–water partition coefficient (Wildman–Crippen LogP) is 1.65. The van der Waals surface area contributed by atoms with Gasteiger partial charge in [-0.3, -0.25) is 4.79 Å². The number of nitrogens with one attached hydrogen (secondary N) is 1. The third-order valence-corrected chi connectivity index (χ3v) is 3.51. The van der Waals surface area contributed by atoms with E-state index in [1.165, 1.54) is 6.42 Å². The molecule has 5 nitrogen and oxygen atoms in total. The molecule has 1 aromatic rings. The molecule has 0 aromatic carbocycles. The molecule has 5 heteroatoms. The normalized spacial score (nSPS) is 18.6. The van der Waals surface area contributed by atoms with Crippen molar-refractivity contribution in [3.8, 4) is 0 Å². The molecule has 1 aliphatic rings.